The standard InChI is InChI=1S/C18H16BrN3O/c1-13-2-4-14(5-3-13)11-21-12-15(10-20)18(23)22-17-8-6-16(19)7-9-17/h2-9,12,21H,11H2,1H3,(H,22,23)/b15-12-. The second-order valence-electron chi connectivity index (χ2n) is 5.00. The number of nitriles is 1. The number of carbonyl (C=O) groups is 1. The zero-order valence-electron chi connectivity index (χ0n) is 12.6. The van der Waals surface area contributed by atoms with Gasteiger partial charge >= 0.3 is 0 Å². The molecule has 0 saturated carbocycles. The molecule has 2 rings (SSSR count). The molecular weight excluding hydrogens is 354 g/mol. The topological polar surface area (TPSA) is 64.9 Å². The Balaban J connectivity index is 1.95. The van der Waals surface area contributed by atoms with Gasteiger partial charge in [-0.05, 0) is 36.8 Å². The molecule has 0 aliphatic rings. The molecule has 0 fully saturated rings. The van der Waals surface area contributed by atoms with Crippen LogP contribution in [0, 0.1) is 18.3 Å². The van der Waals surface area contributed by atoms with Gasteiger partial charge in [-0.2, -0.15) is 5.26 Å². The maximum absolute atomic E-state index is 12.1. The highest BCUT2D eigenvalue weighted by Gasteiger charge is 2.08. The summed E-state index contributed by atoms with van der Waals surface area (Å²) >= 11 is 3.33. The molecule has 2 aromatic rings. The Hall–Kier alpha value is -2.58. The summed E-state index contributed by atoms with van der Waals surface area (Å²) in [6, 6.07) is 17.1. The summed E-state index contributed by atoms with van der Waals surface area (Å²) in [7, 11) is 0. The summed E-state index contributed by atoms with van der Waals surface area (Å²) in [5.41, 5.74) is 2.94. The fourth-order valence-corrected chi connectivity index (χ4v) is 2.12. The minimum Gasteiger partial charge on any atom is -0.386 e. The minimum absolute atomic E-state index is 0.0278. The summed E-state index contributed by atoms with van der Waals surface area (Å²) in [5.74, 6) is -0.439. The van der Waals surface area contributed by atoms with E-state index in [0.29, 0.717) is 12.2 Å². The van der Waals surface area contributed by atoms with Gasteiger partial charge in [0.1, 0.15) is 11.6 Å². The van der Waals surface area contributed by atoms with Gasteiger partial charge < -0.3 is 10.6 Å². The predicted molar refractivity (Wildman–Crippen MR) is 94.5 cm³/mol. The van der Waals surface area contributed by atoms with Crippen molar-refractivity contribution in [2.45, 2.75) is 13.5 Å². The number of nitrogens with zero attached hydrogens (tertiary/aromatic N) is 1. The molecule has 23 heavy (non-hydrogen) atoms. The SMILES string of the molecule is Cc1ccc(CN/C=C(/C#N)C(=O)Nc2ccc(Br)cc2)cc1. The van der Waals surface area contributed by atoms with Gasteiger partial charge in [-0.1, -0.05) is 45.8 Å². The number of hydrogen-bond donors (Lipinski definition) is 2. The first-order valence-corrected chi connectivity index (χ1v) is 7.84. The van der Waals surface area contributed by atoms with Crippen molar-refractivity contribution in [2.24, 2.45) is 0 Å². The molecule has 1 amide bonds. The highest BCUT2D eigenvalue weighted by molar-refractivity contribution is 9.10. The van der Waals surface area contributed by atoms with E-state index in [9.17, 15) is 4.79 Å². The van der Waals surface area contributed by atoms with Crippen LogP contribution >= 0.6 is 15.9 Å². The minimum atomic E-state index is -0.439. The van der Waals surface area contributed by atoms with E-state index in [1.54, 1.807) is 12.1 Å². The van der Waals surface area contributed by atoms with Gasteiger partial charge in [0, 0.05) is 22.9 Å². The summed E-state index contributed by atoms with van der Waals surface area (Å²) in [6.07, 6.45) is 1.44. The monoisotopic (exact) mass is 369 g/mol. The van der Waals surface area contributed by atoms with E-state index in [2.05, 4.69) is 26.6 Å². The average Bonchev–Trinajstić information content (AvgIpc) is 2.55. The normalized spacial score (nSPS) is 10.7. The van der Waals surface area contributed by atoms with Crippen LogP contribution in [0.2, 0.25) is 0 Å². The van der Waals surface area contributed by atoms with E-state index >= 15 is 0 Å². The van der Waals surface area contributed by atoms with Crippen molar-refractivity contribution >= 4 is 27.5 Å². The molecule has 0 aliphatic carbocycles. The number of nitrogens with one attached hydrogen (secondary N) is 2. The van der Waals surface area contributed by atoms with Crippen LogP contribution < -0.4 is 10.6 Å². The maximum atomic E-state index is 12.1. The molecule has 0 aliphatic heterocycles. The molecule has 0 radical (unpaired) electrons. The summed E-state index contributed by atoms with van der Waals surface area (Å²) in [4.78, 5) is 12.1. The van der Waals surface area contributed by atoms with Crippen LogP contribution in [0.4, 0.5) is 5.69 Å². The van der Waals surface area contributed by atoms with Crippen molar-refractivity contribution in [3.63, 3.8) is 0 Å². The van der Waals surface area contributed by atoms with Gasteiger partial charge in [0.15, 0.2) is 0 Å². The Morgan fingerprint density at radius 2 is 1.83 bits per heavy atom. The van der Waals surface area contributed by atoms with Gasteiger partial charge in [-0.15, -0.1) is 0 Å². The molecule has 2 aromatic carbocycles. The molecule has 4 nitrogen and oxygen atoms in total. The quantitative estimate of drug-likeness (QED) is 0.620. The first kappa shape index (κ1) is 16.8. The molecule has 116 valence electrons. The molecule has 5 heteroatoms. The molecule has 0 spiro atoms. The molecule has 0 unspecified atom stereocenters. The predicted octanol–water partition coefficient (Wildman–Crippen LogP) is 3.89. The van der Waals surface area contributed by atoms with Crippen LogP contribution in [0.1, 0.15) is 11.1 Å². The number of benzene rings is 2. The van der Waals surface area contributed by atoms with E-state index in [4.69, 9.17) is 5.26 Å². The van der Waals surface area contributed by atoms with Crippen LogP contribution in [-0.4, -0.2) is 5.91 Å². The lowest BCUT2D eigenvalue weighted by Gasteiger charge is -2.06. The number of hydrogen-bond acceptors (Lipinski definition) is 3. The second-order valence-corrected chi connectivity index (χ2v) is 5.91. The van der Waals surface area contributed by atoms with Crippen molar-refractivity contribution < 1.29 is 4.79 Å². The number of anilines is 1. The van der Waals surface area contributed by atoms with Gasteiger partial charge in [0.05, 0.1) is 0 Å². The van der Waals surface area contributed by atoms with E-state index in [0.717, 1.165) is 10.0 Å². The summed E-state index contributed by atoms with van der Waals surface area (Å²) < 4.78 is 0.923. The molecule has 0 aromatic heterocycles. The third-order valence-electron chi connectivity index (χ3n) is 3.14. The molecule has 0 saturated heterocycles. The van der Waals surface area contributed by atoms with Crippen LogP contribution in [0.25, 0.3) is 0 Å². The Bertz CT molecular complexity index is 743. The van der Waals surface area contributed by atoms with Gasteiger partial charge in [0.2, 0.25) is 0 Å². The Morgan fingerprint density at radius 1 is 1.17 bits per heavy atom. The van der Waals surface area contributed by atoms with Crippen molar-refractivity contribution in [2.75, 3.05) is 5.32 Å². The maximum Gasteiger partial charge on any atom is 0.267 e. The Labute approximate surface area is 144 Å². The number of rotatable bonds is 5. The second kappa shape index (κ2) is 8.16. The highest BCUT2D eigenvalue weighted by atomic mass is 79.9. The van der Waals surface area contributed by atoms with E-state index < -0.39 is 5.91 Å². The van der Waals surface area contributed by atoms with Gasteiger partial charge in [0.25, 0.3) is 5.91 Å². The van der Waals surface area contributed by atoms with Crippen LogP contribution in [0.3, 0.4) is 0 Å². The lowest BCUT2D eigenvalue weighted by molar-refractivity contribution is -0.112. The molecular formula is C18H16BrN3O. The smallest absolute Gasteiger partial charge is 0.267 e. The number of aryl methyl sites for hydroxylation is 1. The number of carbonyl (C=O) groups excluding carboxylic acids is 1. The van der Waals surface area contributed by atoms with Gasteiger partial charge in [-0.25, -0.2) is 0 Å². The van der Waals surface area contributed by atoms with Crippen molar-refractivity contribution in [1.29, 1.82) is 5.26 Å². The third-order valence-corrected chi connectivity index (χ3v) is 3.67. The van der Waals surface area contributed by atoms with Crippen LogP contribution in [0.15, 0.2) is 64.8 Å². The van der Waals surface area contributed by atoms with E-state index in [1.165, 1.54) is 11.8 Å². The van der Waals surface area contributed by atoms with Crippen molar-refractivity contribution in [3.05, 3.63) is 75.9 Å². The average molecular weight is 370 g/mol. The lowest BCUT2D eigenvalue weighted by atomic mass is 10.1. The zero-order valence-corrected chi connectivity index (χ0v) is 14.2. The van der Waals surface area contributed by atoms with Gasteiger partial charge in [-0.3, -0.25) is 4.79 Å². The van der Waals surface area contributed by atoms with Crippen LogP contribution in [-0.2, 0) is 11.3 Å². The fraction of sp³-hybridized carbons (Fsp3) is 0.111. The molecule has 0 heterocycles. The molecule has 0 atom stereocenters. The first-order chi connectivity index (χ1) is 11.1. The first-order valence-electron chi connectivity index (χ1n) is 7.04. The largest absolute Gasteiger partial charge is 0.386 e. The van der Waals surface area contributed by atoms with Crippen LogP contribution in [0.5, 0.6) is 0 Å². The number of amides is 1. The summed E-state index contributed by atoms with van der Waals surface area (Å²) in [5, 5.41) is 14.8. The van der Waals surface area contributed by atoms with E-state index in [1.807, 2.05) is 49.4 Å². The highest BCUT2D eigenvalue weighted by Crippen LogP contribution is 2.14. The zero-order chi connectivity index (χ0) is 16.7. The third kappa shape index (κ3) is 5.28. The van der Waals surface area contributed by atoms with Crippen molar-refractivity contribution in [3.8, 4) is 6.07 Å². The lowest BCUT2D eigenvalue weighted by Crippen LogP contribution is -2.16. The Kier molecular flexibility index (Phi) is 5.95. The van der Waals surface area contributed by atoms with Crippen molar-refractivity contribution in [1.82, 2.24) is 5.32 Å². The Morgan fingerprint density at radius 3 is 2.43 bits per heavy atom. The summed E-state index contributed by atoms with van der Waals surface area (Å²) in [6.45, 7) is 2.58. The number of halogens is 1. The fourth-order valence-electron chi connectivity index (χ4n) is 1.86. The molecule has 0 bridgehead atoms. The van der Waals surface area contributed by atoms with E-state index in [-0.39, 0.29) is 5.57 Å². The molecule has 2 N–H and O–H groups in total.